The zero-order valence-corrected chi connectivity index (χ0v) is 13.2. The van der Waals surface area contributed by atoms with Crippen molar-refractivity contribution in [3.8, 4) is 11.8 Å². The van der Waals surface area contributed by atoms with Gasteiger partial charge >= 0.3 is 0 Å². The van der Waals surface area contributed by atoms with Gasteiger partial charge in [-0.3, -0.25) is 0 Å². The van der Waals surface area contributed by atoms with Gasteiger partial charge in [-0.05, 0) is 29.8 Å². The van der Waals surface area contributed by atoms with Crippen LogP contribution in [0.1, 0.15) is 11.1 Å². The van der Waals surface area contributed by atoms with Gasteiger partial charge in [0.25, 0.3) is 0 Å². The Hall–Kier alpha value is -2.36. The molecule has 0 aromatic heterocycles. The first-order chi connectivity index (χ1) is 10.5. The van der Waals surface area contributed by atoms with Crippen molar-refractivity contribution in [2.24, 2.45) is 0 Å². The third-order valence-corrected chi connectivity index (χ3v) is 5.10. The van der Waals surface area contributed by atoms with E-state index in [9.17, 15) is 8.42 Å². The summed E-state index contributed by atoms with van der Waals surface area (Å²) in [5.41, 5.74) is 0.944. The summed E-state index contributed by atoms with van der Waals surface area (Å²) in [4.78, 5) is 0.0166. The first-order valence-electron chi connectivity index (χ1n) is 6.57. The van der Waals surface area contributed by atoms with Crippen molar-refractivity contribution in [1.29, 1.82) is 5.26 Å². The van der Waals surface area contributed by atoms with Crippen LogP contribution in [0.3, 0.4) is 0 Å². The van der Waals surface area contributed by atoms with Crippen LogP contribution in [0.15, 0.2) is 53.4 Å². The lowest BCUT2D eigenvalue weighted by atomic mass is 10.2. The van der Waals surface area contributed by atoms with Crippen molar-refractivity contribution in [3.63, 3.8) is 0 Å². The van der Waals surface area contributed by atoms with Crippen LogP contribution < -0.4 is 4.74 Å². The number of ether oxygens (including phenoxy) is 1. The van der Waals surface area contributed by atoms with Gasteiger partial charge in [-0.15, -0.1) is 0 Å². The van der Waals surface area contributed by atoms with Crippen LogP contribution in [0.25, 0.3) is 0 Å². The van der Waals surface area contributed by atoms with Crippen LogP contribution in [0.4, 0.5) is 0 Å². The second kappa shape index (κ2) is 6.60. The predicted molar refractivity (Wildman–Crippen MR) is 82.8 cm³/mol. The Bertz CT molecular complexity index is 810. The summed E-state index contributed by atoms with van der Waals surface area (Å²) in [7, 11) is -0.682. The van der Waals surface area contributed by atoms with Crippen LogP contribution in [-0.2, 0) is 16.6 Å². The third kappa shape index (κ3) is 3.27. The number of nitriles is 1. The van der Waals surface area contributed by atoms with E-state index in [2.05, 4.69) is 0 Å². The van der Waals surface area contributed by atoms with Crippen molar-refractivity contribution in [3.05, 3.63) is 59.7 Å². The van der Waals surface area contributed by atoms with E-state index in [0.29, 0.717) is 5.75 Å². The molecular weight excluding hydrogens is 300 g/mol. The Morgan fingerprint density at radius 3 is 2.59 bits per heavy atom. The van der Waals surface area contributed by atoms with E-state index >= 15 is 0 Å². The second-order valence-electron chi connectivity index (χ2n) is 4.72. The van der Waals surface area contributed by atoms with Gasteiger partial charge in [0.05, 0.1) is 17.6 Å². The monoisotopic (exact) mass is 316 g/mol. The molecule has 0 radical (unpaired) electrons. The summed E-state index contributed by atoms with van der Waals surface area (Å²) in [6.45, 7) is 0.194. The van der Waals surface area contributed by atoms with E-state index in [1.165, 1.54) is 23.5 Å². The average molecular weight is 316 g/mol. The van der Waals surface area contributed by atoms with E-state index in [-0.39, 0.29) is 17.0 Å². The molecule has 0 aliphatic rings. The van der Waals surface area contributed by atoms with Crippen molar-refractivity contribution < 1.29 is 13.2 Å². The van der Waals surface area contributed by atoms with Crippen LogP contribution in [0, 0.1) is 11.3 Å². The fourth-order valence-electron chi connectivity index (χ4n) is 2.06. The molecule has 0 aliphatic heterocycles. The van der Waals surface area contributed by atoms with E-state index in [1.807, 2.05) is 12.1 Å². The van der Waals surface area contributed by atoms with E-state index in [4.69, 9.17) is 10.00 Å². The molecule has 0 spiro atoms. The molecule has 0 saturated heterocycles. The zero-order valence-electron chi connectivity index (χ0n) is 12.4. The van der Waals surface area contributed by atoms with Crippen molar-refractivity contribution >= 4 is 10.0 Å². The molecule has 0 fully saturated rings. The molecule has 0 saturated carbocycles. The Kier molecular flexibility index (Phi) is 4.81. The molecule has 2 aromatic rings. The molecule has 0 atom stereocenters. The summed E-state index contributed by atoms with van der Waals surface area (Å²) in [5, 5.41) is 9.07. The predicted octanol–water partition coefficient (Wildman–Crippen LogP) is 2.39. The standard InChI is InChI=1S/C16H16N2O3S/c1-18(12-13-6-5-8-15(10-13)21-2)22(19,20)16-9-4-3-7-14(16)11-17/h3-10H,12H2,1-2H3. The van der Waals surface area contributed by atoms with E-state index < -0.39 is 10.0 Å². The van der Waals surface area contributed by atoms with Gasteiger partial charge in [0, 0.05) is 13.6 Å². The first kappa shape index (κ1) is 16.0. The van der Waals surface area contributed by atoms with Crippen LogP contribution in [0.5, 0.6) is 5.75 Å². The number of sulfonamides is 1. The number of methoxy groups -OCH3 is 1. The molecule has 0 unspecified atom stereocenters. The highest BCUT2D eigenvalue weighted by Crippen LogP contribution is 2.21. The molecule has 0 heterocycles. The fourth-order valence-corrected chi connectivity index (χ4v) is 3.36. The smallest absolute Gasteiger partial charge is 0.244 e. The van der Waals surface area contributed by atoms with Gasteiger partial charge in [-0.1, -0.05) is 24.3 Å². The molecule has 6 heteroatoms. The lowest BCUT2D eigenvalue weighted by Crippen LogP contribution is -2.27. The van der Waals surface area contributed by atoms with E-state index in [0.717, 1.165) is 5.56 Å². The first-order valence-corrected chi connectivity index (χ1v) is 8.01. The lowest BCUT2D eigenvalue weighted by molar-refractivity contribution is 0.412. The van der Waals surface area contributed by atoms with Gasteiger partial charge in [0.15, 0.2) is 0 Å². The molecule has 0 N–H and O–H groups in total. The lowest BCUT2D eigenvalue weighted by Gasteiger charge is -2.18. The molecule has 114 valence electrons. The number of hydrogen-bond donors (Lipinski definition) is 0. The number of rotatable bonds is 5. The van der Waals surface area contributed by atoms with Crippen molar-refractivity contribution in [2.75, 3.05) is 14.2 Å². The molecule has 0 bridgehead atoms. The molecular formula is C16H16N2O3S. The summed E-state index contributed by atoms with van der Waals surface area (Å²) < 4.78 is 31.6. The molecule has 2 aromatic carbocycles. The van der Waals surface area contributed by atoms with Gasteiger partial charge in [0.2, 0.25) is 10.0 Å². The van der Waals surface area contributed by atoms with Crippen LogP contribution in [-0.4, -0.2) is 26.9 Å². The zero-order chi connectivity index (χ0) is 16.2. The van der Waals surface area contributed by atoms with E-state index in [1.54, 1.807) is 37.4 Å². The van der Waals surface area contributed by atoms with Crippen LogP contribution in [0.2, 0.25) is 0 Å². The summed E-state index contributed by atoms with van der Waals surface area (Å²) in [6, 6.07) is 15.3. The van der Waals surface area contributed by atoms with Crippen molar-refractivity contribution in [2.45, 2.75) is 11.4 Å². The second-order valence-corrected chi connectivity index (χ2v) is 6.73. The topological polar surface area (TPSA) is 70.4 Å². The minimum Gasteiger partial charge on any atom is -0.497 e. The highest BCUT2D eigenvalue weighted by atomic mass is 32.2. The van der Waals surface area contributed by atoms with Gasteiger partial charge in [-0.25, -0.2) is 8.42 Å². The van der Waals surface area contributed by atoms with Crippen molar-refractivity contribution in [1.82, 2.24) is 4.31 Å². The Labute approximate surface area is 130 Å². The maximum atomic E-state index is 12.6. The minimum absolute atomic E-state index is 0.0166. The van der Waals surface area contributed by atoms with Crippen LogP contribution >= 0.6 is 0 Å². The molecule has 22 heavy (non-hydrogen) atoms. The van der Waals surface area contributed by atoms with Gasteiger partial charge < -0.3 is 4.74 Å². The quantitative estimate of drug-likeness (QED) is 0.849. The summed E-state index contributed by atoms with van der Waals surface area (Å²) in [5.74, 6) is 0.667. The summed E-state index contributed by atoms with van der Waals surface area (Å²) in [6.07, 6.45) is 0. The third-order valence-electron chi connectivity index (χ3n) is 3.24. The Balaban J connectivity index is 2.31. The molecule has 0 amide bonds. The maximum Gasteiger partial charge on any atom is 0.244 e. The normalized spacial score (nSPS) is 11.2. The van der Waals surface area contributed by atoms with Gasteiger partial charge in [0.1, 0.15) is 11.8 Å². The average Bonchev–Trinajstić information content (AvgIpc) is 2.54. The number of benzene rings is 2. The maximum absolute atomic E-state index is 12.6. The molecule has 5 nitrogen and oxygen atoms in total. The summed E-state index contributed by atoms with van der Waals surface area (Å²) >= 11 is 0. The van der Waals surface area contributed by atoms with Gasteiger partial charge in [-0.2, -0.15) is 9.57 Å². The highest BCUT2D eigenvalue weighted by Gasteiger charge is 2.23. The largest absolute Gasteiger partial charge is 0.497 e. The Morgan fingerprint density at radius 2 is 1.91 bits per heavy atom. The highest BCUT2D eigenvalue weighted by molar-refractivity contribution is 7.89. The minimum atomic E-state index is -3.73. The molecule has 2 rings (SSSR count). The Morgan fingerprint density at radius 1 is 1.18 bits per heavy atom. The SMILES string of the molecule is COc1cccc(CN(C)S(=O)(=O)c2ccccc2C#N)c1. The molecule has 0 aliphatic carbocycles. The number of hydrogen-bond acceptors (Lipinski definition) is 4. The number of nitrogens with zero attached hydrogens (tertiary/aromatic N) is 2. The fraction of sp³-hybridized carbons (Fsp3) is 0.188.